The maximum atomic E-state index is 12.8. The van der Waals surface area contributed by atoms with E-state index in [0.29, 0.717) is 16.8 Å². The van der Waals surface area contributed by atoms with E-state index in [1.165, 1.54) is 0 Å². The Labute approximate surface area is 175 Å². The first kappa shape index (κ1) is 19.7. The van der Waals surface area contributed by atoms with Crippen LogP contribution in [0.2, 0.25) is 0 Å². The molecule has 4 aromatic rings. The second kappa shape index (κ2) is 9.25. The molecular formula is C26H23NO3. The molecule has 0 bridgehead atoms. The molecule has 0 aliphatic carbocycles. The van der Waals surface area contributed by atoms with Crippen LogP contribution in [0.4, 0.5) is 5.69 Å². The van der Waals surface area contributed by atoms with Crippen molar-refractivity contribution in [2.24, 2.45) is 0 Å². The van der Waals surface area contributed by atoms with Gasteiger partial charge in [-0.3, -0.25) is 4.79 Å². The largest absolute Gasteiger partial charge is 0.490 e. The number of rotatable bonds is 8. The Morgan fingerprint density at radius 1 is 0.833 bits per heavy atom. The minimum atomic E-state index is -0.733. The lowest BCUT2D eigenvalue weighted by molar-refractivity contribution is 0.103. The normalized spacial score (nSPS) is 11.8. The van der Waals surface area contributed by atoms with Gasteiger partial charge in [-0.1, -0.05) is 78.9 Å². The zero-order chi connectivity index (χ0) is 20.8. The van der Waals surface area contributed by atoms with Crippen LogP contribution in [0.3, 0.4) is 0 Å². The first-order valence-electron chi connectivity index (χ1n) is 9.93. The number of ether oxygens (including phenoxy) is 1. The van der Waals surface area contributed by atoms with Crippen molar-refractivity contribution >= 4 is 22.2 Å². The first-order chi connectivity index (χ1) is 14.7. The molecule has 0 spiro atoms. The number of aliphatic hydroxyl groups excluding tert-OH is 1. The second-order valence-electron chi connectivity index (χ2n) is 7.06. The Morgan fingerprint density at radius 3 is 2.40 bits per heavy atom. The van der Waals surface area contributed by atoms with Gasteiger partial charge in [0.15, 0.2) is 5.78 Å². The van der Waals surface area contributed by atoms with Gasteiger partial charge in [0.1, 0.15) is 18.5 Å². The highest BCUT2D eigenvalue weighted by atomic mass is 16.5. The zero-order valence-electron chi connectivity index (χ0n) is 16.5. The minimum Gasteiger partial charge on any atom is -0.490 e. The summed E-state index contributed by atoms with van der Waals surface area (Å²) in [6, 6.07) is 30.3. The molecule has 0 saturated carbocycles. The Balaban J connectivity index is 1.40. The van der Waals surface area contributed by atoms with Crippen molar-refractivity contribution in [3.63, 3.8) is 0 Å². The maximum Gasteiger partial charge on any atom is 0.195 e. The van der Waals surface area contributed by atoms with E-state index < -0.39 is 6.10 Å². The van der Waals surface area contributed by atoms with Gasteiger partial charge in [0.05, 0.1) is 0 Å². The predicted molar refractivity (Wildman–Crippen MR) is 120 cm³/mol. The van der Waals surface area contributed by atoms with Crippen LogP contribution in [0.5, 0.6) is 5.75 Å². The fourth-order valence-corrected chi connectivity index (χ4v) is 3.37. The van der Waals surface area contributed by atoms with Crippen LogP contribution < -0.4 is 10.1 Å². The number of carbonyl (C=O) groups is 1. The van der Waals surface area contributed by atoms with Gasteiger partial charge in [-0.05, 0) is 23.6 Å². The lowest BCUT2D eigenvalue weighted by atomic mass is 10.0. The van der Waals surface area contributed by atoms with Crippen molar-refractivity contribution < 1.29 is 14.6 Å². The van der Waals surface area contributed by atoms with Crippen molar-refractivity contribution in [1.29, 1.82) is 0 Å². The molecule has 150 valence electrons. The summed E-state index contributed by atoms with van der Waals surface area (Å²) >= 11 is 0. The Kier molecular flexibility index (Phi) is 6.06. The molecule has 4 aromatic carbocycles. The minimum absolute atomic E-state index is 0.0554. The molecular weight excluding hydrogens is 374 g/mol. The molecule has 0 amide bonds. The van der Waals surface area contributed by atoms with Gasteiger partial charge in [-0.25, -0.2) is 0 Å². The van der Waals surface area contributed by atoms with Gasteiger partial charge in [-0.15, -0.1) is 0 Å². The van der Waals surface area contributed by atoms with E-state index >= 15 is 0 Å². The summed E-state index contributed by atoms with van der Waals surface area (Å²) in [6.45, 7) is 0.416. The third-order valence-corrected chi connectivity index (χ3v) is 4.92. The summed E-state index contributed by atoms with van der Waals surface area (Å²) in [5.41, 5.74) is 1.90. The van der Waals surface area contributed by atoms with Gasteiger partial charge < -0.3 is 15.2 Å². The third-order valence-electron chi connectivity index (χ3n) is 4.92. The Hall–Kier alpha value is -3.63. The molecule has 4 nitrogen and oxygen atoms in total. The molecule has 0 heterocycles. The summed E-state index contributed by atoms with van der Waals surface area (Å²) in [5.74, 6) is 0.687. The van der Waals surface area contributed by atoms with Crippen molar-refractivity contribution in [2.75, 3.05) is 18.5 Å². The van der Waals surface area contributed by atoms with Gasteiger partial charge in [0.2, 0.25) is 0 Å². The van der Waals surface area contributed by atoms with Crippen LogP contribution in [0.1, 0.15) is 15.9 Å². The van der Waals surface area contributed by atoms with Crippen LogP contribution in [-0.4, -0.2) is 30.1 Å². The van der Waals surface area contributed by atoms with E-state index in [1.807, 2.05) is 78.9 Å². The SMILES string of the molecule is O=C(c1ccccc1)c1ccccc1NC[C@@H](O)COc1cccc2ccccc12. The molecule has 2 N–H and O–H groups in total. The summed E-state index contributed by atoms with van der Waals surface area (Å²) in [7, 11) is 0. The topological polar surface area (TPSA) is 58.6 Å². The van der Waals surface area contributed by atoms with Crippen LogP contribution in [0.25, 0.3) is 10.8 Å². The maximum absolute atomic E-state index is 12.8. The average Bonchev–Trinajstić information content (AvgIpc) is 2.81. The van der Waals surface area contributed by atoms with Gasteiger partial charge in [0, 0.05) is 28.7 Å². The number of ketones is 1. The standard InChI is InChI=1S/C26H23NO3/c28-21(18-30-25-16-8-12-19-9-4-5-13-22(19)25)17-27-24-15-7-6-14-23(24)26(29)20-10-2-1-3-11-20/h1-16,21,27-28H,17-18H2/t21-/m1/s1. The molecule has 1 atom stereocenters. The van der Waals surface area contributed by atoms with Crippen LogP contribution in [-0.2, 0) is 0 Å². The molecule has 0 unspecified atom stereocenters. The van der Waals surface area contributed by atoms with Crippen molar-refractivity contribution in [2.45, 2.75) is 6.10 Å². The van der Waals surface area contributed by atoms with Crippen LogP contribution in [0.15, 0.2) is 97.1 Å². The van der Waals surface area contributed by atoms with Crippen molar-refractivity contribution in [3.8, 4) is 5.75 Å². The molecule has 0 radical (unpaired) electrons. The number of para-hydroxylation sites is 1. The lowest BCUT2D eigenvalue weighted by Crippen LogP contribution is -2.27. The number of carbonyl (C=O) groups excluding carboxylic acids is 1. The third kappa shape index (κ3) is 4.50. The van der Waals surface area contributed by atoms with Crippen LogP contribution >= 0.6 is 0 Å². The van der Waals surface area contributed by atoms with E-state index in [4.69, 9.17) is 4.74 Å². The van der Waals surface area contributed by atoms with Crippen LogP contribution in [0, 0.1) is 0 Å². The molecule has 4 rings (SSSR count). The fraction of sp³-hybridized carbons (Fsp3) is 0.115. The number of anilines is 1. The fourth-order valence-electron chi connectivity index (χ4n) is 3.37. The predicted octanol–water partition coefficient (Wildman–Crippen LogP) is 4.92. The summed E-state index contributed by atoms with van der Waals surface area (Å²) < 4.78 is 5.86. The lowest BCUT2D eigenvalue weighted by Gasteiger charge is -2.16. The quantitative estimate of drug-likeness (QED) is 0.414. The first-order valence-corrected chi connectivity index (χ1v) is 9.93. The number of aliphatic hydroxyl groups is 1. The number of fused-ring (bicyclic) bond motifs is 1. The summed E-state index contributed by atoms with van der Waals surface area (Å²) in [4.78, 5) is 12.8. The highest BCUT2D eigenvalue weighted by Gasteiger charge is 2.14. The average molecular weight is 397 g/mol. The van der Waals surface area contributed by atoms with E-state index in [1.54, 1.807) is 18.2 Å². The highest BCUT2D eigenvalue weighted by molar-refractivity contribution is 6.12. The highest BCUT2D eigenvalue weighted by Crippen LogP contribution is 2.25. The van der Waals surface area contributed by atoms with Crippen molar-refractivity contribution in [1.82, 2.24) is 0 Å². The molecule has 0 aromatic heterocycles. The van der Waals surface area contributed by atoms with E-state index in [2.05, 4.69) is 5.32 Å². The molecule has 0 saturated heterocycles. The molecule has 30 heavy (non-hydrogen) atoms. The molecule has 0 aliphatic heterocycles. The second-order valence-corrected chi connectivity index (χ2v) is 7.06. The number of benzene rings is 4. The number of hydrogen-bond donors (Lipinski definition) is 2. The van der Waals surface area contributed by atoms with Gasteiger partial charge in [-0.2, -0.15) is 0 Å². The van der Waals surface area contributed by atoms with E-state index in [0.717, 1.165) is 16.5 Å². The van der Waals surface area contributed by atoms with Crippen molar-refractivity contribution in [3.05, 3.63) is 108 Å². The smallest absolute Gasteiger partial charge is 0.195 e. The Bertz CT molecular complexity index is 1140. The molecule has 4 heteroatoms. The summed E-state index contributed by atoms with van der Waals surface area (Å²) in [6.07, 6.45) is -0.733. The molecule has 0 fully saturated rings. The number of nitrogens with one attached hydrogen (secondary N) is 1. The molecule has 0 aliphatic rings. The van der Waals surface area contributed by atoms with E-state index in [-0.39, 0.29) is 18.9 Å². The van der Waals surface area contributed by atoms with Gasteiger partial charge >= 0.3 is 0 Å². The monoisotopic (exact) mass is 397 g/mol. The summed E-state index contributed by atoms with van der Waals surface area (Å²) in [5, 5.41) is 15.7. The van der Waals surface area contributed by atoms with Gasteiger partial charge in [0.25, 0.3) is 0 Å². The Morgan fingerprint density at radius 2 is 1.53 bits per heavy atom. The zero-order valence-corrected chi connectivity index (χ0v) is 16.5. The van der Waals surface area contributed by atoms with E-state index in [9.17, 15) is 9.90 Å². The number of hydrogen-bond acceptors (Lipinski definition) is 4.